The Bertz CT molecular complexity index is 770. The lowest BCUT2D eigenvalue weighted by molar-refractivity contribution is -0.117. The summed E-state index contributed by atoms with van der Waals surface area (Å²) in [5, 5.41) is 2.86. The summed E-state index contributed by atoms with van der Waals surface area (Å²) in [6.45, 7) is 5.71. The molecular formula is C20H28N2O4S. The molecule has 1 aromatic rings. The molecule has 0 spiro atoms. The van der Waals surface area contributed by atoms with Gasteiger partial charge in [0.25, 0.3) is 0 Å². The van der Waals surface area contributed by atoms with E-state index in [0.29, 0.717) is 19.4 Å². The van der Waals surface area contributed by atoms with Crippen molar-refractivity contribution in [2.75, 3.05) is 6.54 Å². The van der Waals surface area contributed by atoms with Crippen molar-refractivity contribution in [1.82, 2.24) is 9.62 Å². The van der Waals surface area contributed by atoms with Crippen LogP contribution in [0.5, 0.6) is 5.75 Å². The van der Waals surface area contributed by atoms with E-state index in [9.17, 15) is 13.2 Å². The van der Waals surface area contributed by atoms with Crippen molar-refractivity contribution in [3.63, 3.8) is 0 Å². The van der Waals surface area contributed by atoms with Crippen LogP contribution in [0.25, 0.3) is 0 Å². The maximum absolute atomic E-state index is 13.0. The van der Waals surface area contributed by atoms with Crippen molar-refractivity contribution in [2.24, 2.45) is 0 Å². The largest absolute Gasteiger partial charge is 0.490 e. The van der Waals surface area contributed by atoms with Gasteiger partial charge < -0.3 is 10.1 Å². The second-order valence-electron chi connectivity index (χ2n) is 7.39. The highest BCUT2D eigenvalue weighted by Crippen LogP contribution is 2.28. The summed E-state index contributed by atoms with van der Waals surface area (Å²) in [5.41, 5.74) is 0. The quantitative estimate of drug-likeness (QED) is 0.756. The second-order valence-corrected chi connectivity index (χ2v) is 9.29. The molecule has 0 bridgehead atoms. The molecule has 1 aliphatic carbocycles. The highest BCUT2D eigenvalue weighted by molar-refractivity contribution is 7.89. The van der Waals surface area contributed by atoms with Gasteiger partial charge >= 0.3 is 0 Å². The standard InChI is InChI=1S/C20H28N2O4S/c1-3-20(23)21-16-12-13-22(15(2)14-16)27(24,25)19-10-8-18(9-11-19)26-17-6-4-5-7-17/h3,8-11,15-17H,1,4-7,12-14H2,2H3,(H,21,23). The van der Waals surface area contributed by atoms with Crippen LogP contribution < -0.4 is 10.1 Å². The lowest BCUT2D eigenvalue weighted by Gasteiger charge is -2.36. The molecule has 1 N–H and O–H groups in total. The van der Waals surface area contributed by atoms with Crippen molar-refractivity contribution >= 4 is 15.9 Å². The van der Waals surface area contributed by atoms with E-state index in [-0.39, 0.29) is 29.0 Å². The van der Waals surface area contributed by atoms with Crippen molar-refractivity contribution in [1.29, 1.82) is 0 Å². The summed E-state index contributed by atoms with van der Waals surface area (Å²) in [5.74, 6) is 0.501. The zero-order valence-corrected chi connectivity index (χ0v) is 16.6. The molecular weight excluding hydrogens is 364 g/mol. The monoisotopic (exact) mass is 392 g/mol. The van der Waals surface area contributed by atoms with Crippen LogP contribution in [-0.4, -0.2) is 43.4 Å². The van der Waals surface area contributed by atoms with Crippen LogP contribution in [0.2, 0.25) is 0 Å². The zero-order chi connectivity index (χ0) is 19.4. The normalized spacial score (nSPS) is 24.5. The molecule has 3 rings (SSSR count). The van der Waals surface area contributed by atoms with Crippen LogP contribution in [0, 0.1) is 0 Å². The fourth-order valence-corrected chi connectivity index (χ4v) is 5.58. The van der Waals surface area contributed by atoms with Crippen molar-refractivity contribution in [3.05, 3.63) is 36.9 Å². The number of amides is 1. The van der Waals surface area contributed by atoms with Crippen LogP contribution in [0.15, 0.2) is 41.8 Å². The van der Waals surface area contributed by atoms with Crippen LogP contribution >= 0.6 is 0 Å². The Morgan fingerprint density at radius 3 is 2.48 bits per heavy atom. The Morgan fingerprint density at radius 2 is 1.89 bits per heavy atom. The predicted molar refractivity (Wildman–Crippen MR) is 104 cm³/mol. The maximum atomic E-state index is 13.0. The Kier molecular flexibility index (Phi) is 6.22. The summed E-state index contributed by atoms with van der Waals surface area (Å²) in [4.78, 5) is 11.7. The SMILES string of the molecule is C=CC(=O)NC1CCN(S(=O)(=O)c2ccc(OC3CCCC3)cc2)C(C)C1. The lowest BCUT2D eigenvalue weighted by Crippen LogP contribution is -2.50. The zero-order valence-electron chi connectivity index (χ0n) is 15.8. The molecule has 6 nitrogen and oxygen atoms in total. The molecule has 1 saturated heterocycles. The van der Waals surface area contributed by atoms with E-state index in [1.165, 1.54) is 23.2 Å². The van der Waals surface area contributed by atoms with E-state index in [1.807, 2.05) is 6.92 Å². The number of hydrogen-bond acceptors (Lipinski definition) is 4. The molecule has 148 valence electrons. The first kappa shape index (κ1) is 19.9. The number of nitrogens with zero attached hydrogens (tertiary/aromatic N) is 1. The Balaban J connectivity index is 1.65. The first-order chi connectivity index (χ1) is 12.9. The molecule has 2 atom stereocenters. The van der Waals surface area contributed by atoms with Gasteiger partial charge in [-0.1, -0.05) is 6.58 Å². The summed E-state index contributed by atoms with van der Waals surface area (Å²) in [6, 6.07) is 6.52. The van der Waals surface area contributed by atoms with Gasteiger partial charge in [0.2, 0.25) is 15.9 Å². The number of benzene rings is 1. The molecule has 0 aromatic heterocycles. The van der Waals surface area contributed by atoms with Gasteiger partial charge in [-0.25, -0.2) is 8.42 Å². The van der Waals surface area contributed by atoms with E-state index < -0.39 is 10.0 Å². The third-order valence-corrected chi connectivity index (χ3v) is 7.41. The van der Waals surface area contributed by atoms with Crippen LogP contribution in [-0.2, 0) is 14.8 Å². The van der Waals surface area contributed by atoms with Crippen molar-refractivity contribution < 1.29 is 17.9 Å². The highest BCUT2D eigenvalue weighted by atomic mass is 32.2. The van der Waals surface area contributed by atoms with Gasteiger partial charge in [0.05, 0.1) is 11.0 Å². The minimum absolute atomic E-state index is 0.0286. The average molecular weight is 393 g/mol. The van der Waals surface area contributed by atoms with E-state index in [0.717, 1.165) is 18.6 Å². The summed E-state index contributed by atoms with van der Waals surface area (Å²) < 4.78 is 33.5. The van der Waals surface area contributed by atoms with Gasteiger partial charge in [0.15, 0.2) is 0 Å². The third kappa shape index (κ3) is 4.71. The fourth-order valence-electron chi connectivity index (χ4n) is 3.92. The molecule has 1 amide bonds. The molecule has 1 aromatic carbocycles. The number of nitrogens with one attached hydrogen (secondary N) is 1. The summed E-state index contributed by atoms with van der Waals surface area (Å²) >= 11 is 0. The van der Waals surface area contributed by atoms with Crippen LogP contribution in [0.4, 0.5) is 0 Å². The van der Waals surface area contributed by atoms with E-state index in [4.69, 9.17) is 4.74 Å². The van der Waals surface area contributed by atoms with Crippen molar-refractivity contribution in [3.8, 4) is 5.75 Å². The lowest BCUT2D eigenvalue weighted by atomic mass is 10.0. The highest BCUT2D eigenvalue weighted by Gasteiger charge is 2.34. The summed E-state index contributed by atoms with van der Waals surface area (Å²) in [6.07, 6.45) is 7.18. The first-order valence-electron chi connectivity index (χ1n) is 9.61. The number of rotatable bonds is 6. The first-order valence-corrected chi connectivity index (χ1v) is 11.1. The van der Waals surface area contributed by atoms with Gasteiger partial charge in [-0.05, 0) is 75.8 Å². The van der Waals surface area contributed by atoms with Crippen LogP contribution in [0.1, 0.15) is 45.4 Å². The number of sulfonamides is 1. The van der Waals surface area contributed by atoms with Gasteiger partial charge in [0.1, 0.15) is 5.75 Å². The van der Waals surface area contributed by atoms with Gasteiger partial charge in [-0.3, -0.25) is 4.79 Å². The minimum Gasteiger partial charge on any atom is -0.490 e. The van der Waals surface area contributed by atoms with E-state index in [2.05, 4.69) is 11.9 Å². The molecule has 1 aliphatic heterocycles. The smallest absolute Gasteiger partial charge is 0.243 e. The molecule has 1 heterocycles. The molecule has 2 aliphatic rings. The minimum atomic E-state index is -3.57. The number of carbonyl (C=O) groups is 1. The molecule has 2 unspecified atom stereocenters. The second kappa shape index (κ2) is 8.44. The molecule has 7 heteroatoms. The van der Waals surface area contributed by atoms with Gasteiger partial charge in [-0.15, -0.1) is 0 Å². The Labute approximate surface area is 161 Å². The van der Waals surface area contributed by atoms with E-state index >= 15 is 0 Å². The van der Waals surface area contributed by atoms with Gasteiger partial charge in [-0.2, -0.15) is 4.31 Å². The Morgan fingerprint density at radius 1 is 1.22 bits per heavy atom. The molecule has 27 heavy (non-hydrogen) atoms. The molecule has 0 radical (unpaired) electrons. The molecule has 1 saturated carbocycles. The topological polar surface area (TPSA) is 75.7 Å². The van der Waals surface area contributed by atoms with Gasteiger partial charge in [0, 0.05) is 18.6 Å². The molecule has 2 fully saturated rings. The number of ether oxygens (including phenoxy) is 1. The van der Waals surface area contributed by atoms with E-state index in [1.54, 1.807) is 24.3 Å². The Hall–Kier alpha value is -1.86. The number of carbonyl (C=O) groups excluding carboxylic acids is 1. The van der Waals surface area contributed by atoms with Crippen molar-refractivity contribution in [2.45, 2.75) is 68.5 Å². The number of piperidine rings is 1. The number of hydrogen-bond donors (Lipinski definition) is 1. The predicted octanol–water partition coefficient (Wildman–Crippen LogP) is 2.85. The average Bonchev–Trinajstić information content (AvgIpc) is 3.15. The summed E-state index contributed by atoms with van der Waals surface area (Å²) in [7, 11) is -3.57. The van der Waals surface area contributed by atoms with Crippen LogP contribution in [0.3, 0.4) is 0 Å². The fraction of sp³-hybridized carbons (Fsp3) is 0.550. The third-order valence-electron chi connectivity index (χ3n) is 5.38. The maximum Gasteiger partial charge on any atom is 0.243 e.